The summed E-state index contributed by atoms with van der Waals surface area (Å²) in [4.78, 5) is 9.70. The van der Waals surface area contributed by atoms with Crippen LogP contribution in [0.3, 0.4) is 0 Å². The molecule has 0 spiro atoms. The summed E-state index contributed by atoms with van der Waals surface area (Å²) in [5, 5.41) is 23.9. The van der Waals surface area contributed by atoms with Crippen LogP contribution in [0.4, 0.5) is 33.1 Å². The average molecular weight is 265 g/mol. The summed E-state index contributed by atoms with van der Waals surface area (Å²) in [6.07, 6.45) is 0. The number of nitrogens with one attached hydrogen (secondary N) is 1. The van der Waals surface area contributed by atoms with Gasteiger partial charge in [-0.2, -0.15) is 14.6 Å². The van der Waals surface area contributed by atoms with Gasteiger partial charge < -0.3 is 11.5 Å². The van der Waals surface area contributed by atoms with E-state index in [4.69, 9.17) is 11.5 Å². The van der Waals surface area contributed by atoms with E-state index in [1.54, 1.807) is 0 Å². The van der Waals surface area contributed by atoms with Gasteiger partial charge in [0, 0.05) is 6.07 Å². The highest BCUT2D eigenvalue weighted by Gasteiger charge is 2.14. The van der Waals surface area contributed by atoms with E-state index in [1.165, 1.54) is 6.07 Å². The molecule has 0 aliphatic rings. The number of H-pyrrole nitrogens is 1. The van der Waals surface area contributed by atoms with Gasteiger partial charge in [-0.05, 0) is 12.1 Å². The molecule has 2 aromatic rings. The van der Waals surface area contributed by atoms with Crippen molar-refractivity contribution in [3.8, 4) is 0 Å². The lowest BCUT2D eigenvalue weighted by atomic mass is 10.3. The minimum absolute atomic E-state index is 0.0397. The number of aromatic nitrogens is 2. The summed E-state index contributed by atoms with van der Waals surface area (Å²) in [7, 11) is 0. The van der Waals surface area contributed by atoms with E-state index in [1.807, 2.05) is 0 Å². The smallest absolute Gasteiger partial charge is 0.307 e. The third-order valence-electron chi connectivity index (χ3n) is 2.19. The third kappa shape index (κ3) is 2.46. The minimum atomic E-state index is -0.953. The third-order valence-corrected chi connectivity index (χ3v) is 2.19. The molecule has 5 N–H and O–H groups in total. The second-order valence-electron chi connectivity index (χ2n) is 3.46. The van der Waals surface area contributed by atoms with Crippen molar-refractivity contribution < 1.29 is 9.31 Å². The van der Waals surface area contributed by atoms with Crippen molar-refractivity contribution in [2.45, 2.75) is 0 Å². The number of halogens is 1. The van der Waals surface area contributed by atoms with Crippen LogP contribution in [0.1, 0.15) is 0 Å². The van der Waals surface area contributed by atoms with Gasteiger partial charge in [-0.3, -0.25) is 15.2 Å². The van der Waals surface area contributed by atoms with Crippen molar-refractivity contribution in [3.63, 3.8) is 0 Å². The minimum Gasteiger partial charge on any atom is -0.382 e. The summed E-state index contributed by atoms with van der Waals surface area (Å²) in [5.41, 5.74) is 10.5. The van der Waals surface area contributed by atoms with Crippen molar-refractivity contribution in [1.82, 2.24) is 10.2 Å². The van der Waals surface area contributed by atoms with Gasteiger partial charge in [0.05, 0.1) is 10.6 Å². The van der Waals surface area contributed by atoms with E-state index in [9.17, 15) is 14.5 Å². The Morgan fingerprint density at radius 2 is 2.11 bits per heavy atom. The summed E-state index contributed by atoms with van der Waals surface area (Å²) in [6.45, 7) is 0. The Kier molecular flexibility index (Phi) is 3.06. The van der Waals surface area contributed by atoms with Crippen molar-refractivity contribution in [2.75, 3.05) is 11.5 Å². The standard InChI is InChI=1S/C9H8FN7O2/c10-5-2-1-4(3-6(5)17(18)19)13-14-7-8(11)15-16-9(7)12/h1-3H,(H5,11,12,15,16). The Morgan fingerprint density at radius 1 is 1.37 bits per heavy atom. The molecule has 0 aliphatic heterocycles. The lowest BCUT2D eigenvalue weighted by Crippen LogP contribution is -1.91. The monoisotopic (exact) mass is 265 g/mol. The van der Waals surface area contributed by atoms with Crippen molar-refractivity contribution in [2.24, 2.45) is 10.2 Å². The number of nitrogens with zero attached hydrogens (tertiary/aromatic N) is 4. The van der Waals surface area contributed by atoms with E-state index in [0.717, 1.165) is 12.1 Å². The van der Waals surface area contributed by atoms with Gasteiger partial charge >= 0.3 is 5.69 Å². The molecule has 1 aromatic carbocycles. The summed E-state index contributed by atoms with van der Waals surface area (Å²) in [5.74, 6) is -0.804. The molecule has 10 heteroatoms. The molecular formula is C9H8FN7O2. The maximum Gasteiger partial charge on any atom is 0.307 e. The Balaban J connectivity index is 2.34. The fraction of sp³-hybridized carbons (Fsp3) is 0. The number of nitro groups is 1. The highest BCUT2D eigenvalue weighted by Crippen LogP contribution is 2.29. The van der Waals surface area contributed by atoms with Crippen LogP contribution in [-0.2, 0) is 0 Å². The maximum absolute atomic E-state index is 13.1. The van der Waals surface area contributed by atoms with E-state index in [2.05, 4.69) is 20.4 Å². The van der Waals surface area contributed by atoms with E-state index in [-0.39, 0.29) is 23.0 Å². The molecule has 0 saturated carbocycles. The zero-order chi connectivity index (χ0) is 14.0. The Labute approximate surface area is 105 Å². The van der Waals surface area contributed by atoms with Gasteiger partial charge in [0.25, 0.3) is 0 Å². The van der Waals surface area contributed by atoms with Crippen LogP contribution in [0, 0.1) is 15.9 Å². The highest BCUT2D eigenvalue weighted by molar-refractivity contribution is 5.70. The average Bonchev–Trinajstić information content (AvgIpc) is 2.68. The molecule has 1 heterocycles. The zero-order valence-electron chi connectivity index (χ0n) is 9.37. The van der Waals surface area contributed by atoms with Crippen LogP contribution >= 0.6 is 0 Å². The lowest BCUT2D eigenvalue weighted by molar-refractivity contribution is -0.387. The van der Waals surface area contributed by atoms with E-state index < -0.39 is 16.4 Å². The Hall–Kier alpha value is -3.04. The molecule has 19 heavy (non-hydrogen) atoms. The maximum atomic E-state index is 13.1. The fourth-order valence-corrected chi connectivity index (χ4v) is 1.28. The van der Waals surface area contributed by atoms with Crippen LogP contribution in [0.15, 0.2) is 28.4 Å². The quantitative estimate of drug-likeness (QED) is 0.441. The molecule has 1 aromatic heterocycles. The van der Waals surface area contributed by atoms with Crippen molar-refractivity contribution in [1.29, 1.82) is 0 Å². The predicted octanol–water partition coefficient (Wildman–Crippen LogP) is 2.04. The van der Waals surface area contributed by atoms with Crippen LogP contribution in [0.2, 0.25) is 0 Å². The Bertz CT molecular complexity index is 647. The van der Waals surface area contributed by atoms with Gasteiger partial charge in [-0.25, -0.2) is 0 Å². The predicted molar refractivity (Wildman–Crippen MR) is 64.6 cm³/mol. The number of rotatable bonds is 3. The van der Waals surface area contributed by atoms with Crippen LogP contribution in [-0.4, -0.2) is 15.1 Å². The molecule has 0 unspecified atom stereocenters. The molecule has 0 aliphatic carbocycles. The topological polar surface area (TPSA) is 149 Å². The Morgan fingerprint density at radius 3 is 2.68 bits per heavy atom. The fourth-order valence-electron chi connectivity index (χ4n) is 1.28. The molecule has 0 bridgehead atoms. The van der Waals surface area contributed by atoms with Gasteiger partial charge in [0.2, 0.25) is 5.82 Å². The molecule has 0 amide bonds. The lowest BCUT2D eigenvalue weighted by Gasteiger charge is -1.95. The highest BCUT2D eigenvalue weighted by atomic mass is 19.1. The van der Waals surface area contributed by atoms with Crippen molar-refractivity contribution >= 4 is 28.7 Å². The molecule has 0 radical (unpaired) electrons. The van der Waals surface area contributed by atoms with E-state index >= 15 is 0 Å². The first-order valence-corrected chi connectivity index (χ1v) is 4.94. The molecule has 0 saturated heterocycles. The van der Waals surface area contributed by atoms with Crippen LogP contribution in [0.25, 0.3) is 0 Å². The summed E-state index contributed by atoms with van der Waals surface area (Å²) >= 11 is 0. The van der Waals surface area contributed by atoms with Crippen molar-refractivity contribution in [3.05, 3.63) is 34.1 Å². The van der Waals surface area contributed by atoms with Gasteiger partial charge in [0.15, 0.2) is 11.5 Å². The first kappa shape index (κ1) is 12.4. The normalized spacial score (nSPS) is 11.0. The first-order valence-electron chi connectivity index (χ1n) is 4.94. The van der Waals surface area contributed by atoms with Gasteiger partial charge in [-0.1, -0.05) is 0 Å². The van der Waals surface area contributed by atoms with Gasteiger partial charge in [-0.15, -0.1) is 5.11 Å². The number of hydrogen-bond acceptors (Lipinski definition) is 7. The first-order chi connectivity index (χ1) is 8.99. The number of nitro benzene ring substituents is 1. The zero-order valence-corrected chi connectivity index (χ0v) is 9.37. The number of anilines is 2. The van der Waals surface area contributed by atoms with Crippen LogP contribution in [0.5, 0.6) is 0 Å². The number of nitrogens with two attached hydrogens (primary N) is 2. The van der Waals surface area contributed by atoms with Crippen LogP contribution < -0.4 is 11.5 Å². The second kappa shape index (κ2) is 4.68. The molecule has 2 rings (SSSR count). The number of azo groups is 1. The number of nitrogen functional groups attached to an aromatic ring is 2. The molecule has 9 nitrogen and oxygen atoms in total. The van der Waals surface area contributed by atoms with Gasteiger partial charge in [0.1, 0.15) is 5.82 Å². The molecular weight excluding hydrogens is 257 g/mol. The number of aromatic amines is 1. The number of benzene rings is 1. The molecule has 98 valence electrons. The largest absolute Gasteiger partial charge is 0.382 e. The second-order valence-corrected chi connectivity index (χ2v) is 3.46. The molecule has 0 fully saturated rings. The summed E-state index contributed by atoms with van der Waals surface area (Å²) in [6, 6.07) is 3.11. The summed E-state index contributed by atoms with van der Waals surface area (Å²) < 4.78 is 13.1. The molecule has 0 atom stereocenters. The van der Waals surface area contributed by atoms with E-state index in [0.29, 0.717) is 0 Å². The number of hydrogen-bond donors (Lipinski definition) is 3. The SMILES string of the molecule is Nc1n[nH]c(N)c1N=Nc1ccc(F)c([N+](=O)[O-])c1.